The van der Waals surface area contributed by atoms with Crippen LogP contribution < -0.4 is 15.4 Å². The van der Waals surface area contributed by atoms with E-state index in [-0.39, 0.29) is 17.8 Å². The molecular formula is C21H19FN4O2S. The molecule has 1 aliphatic carbocycles. The number of halogens is 1. The molecule has 148 valence electrons. The quantitative estimate of drug-likeness (QED) is 0.672. The minimum atomic E-state index is -0.323. The molecule has 1 aliphatic heterocycles. The third kappa shape index (κ3) is 3.61. The van der Waals surface area contributed by atoms with Gasteiger partial charge in [-0.15, -0.1) is 11.3 Å². The minimum absolute atomic E-state index is 0.142. The van der Waals surface area contributed by atoms with Crippen LogP contribution in [0.25, 0.3) is 10.4 Å². The average molecular weight is 410 g/mol. The number of aromatic nitrogens is 2. The Balaban J connectivity index is 1.35. The van der Waals surface area contributed by atoms with Crippen LogP contribution >= 0.6 is 11.3 Å². The Morgan fingerprint density at radius 1 is 1.21 bits per heavy atom. The van der Waals surface area contributed by atoms with Gasteiger partial charge in [0.1, 0.15) is 17.3 Å². The molecule has 5 rings (SSSR count). The van der Waals surface area contributed by atoms with E-state index < -0.39 is 0 Å². The first kappa shape index (κ1) is 18.2. The van der Waals surface area contributed by atoms with Crippen molar-refractivity contribution in [3.05, 3.63) is 59.7 Å². The van der Waals surface area contributed by atoms with Crippen molar-refractivity contribution < 1.29 is 13.9 Å². The van der Waals surface area contributed by atoms with Gasteiger partial charge in [-0.3, -0.25) is 9.78 Å². The van der Waals surface area contributed by atoms with Crippen LogP contribution in [0.4, 0.5) is 4.39 Å². The normalized spacial score (nSPS) is 22.6. The van der Waals surface area contributed by atoms with Gasteiger partial charge in [0.2, 0.25) is 0 Å². The minimum Gasteiger partial charge on any atom is -0.457 e. The van der Waals surface area contributed by atoms with Gasteiger partial charge in [-0.1, -0.05) is 0 Å². The second-order valence-electron chi connectivity index (χ2n) is 7.31. The molecule has 1 aromatic carbocycles. The standard InChI is InChI=1S/C21H19FN4O2S/c22-13-2-4-14(5-3-13)28-17-7-8-23-10-15(17)18-11-25-21(29-18)20(27)26-19-12-1-6-16(19)24-9-12/h2-5,7-8,10-12,16,19,24H,1,6,9H2,(H,26,27)/t12?,16?,19-/m1/s1. The van der Waals surface area contributed by atoms with E-state index in [1.165, 1.54) is 23.5 Å². The van der Waals surface area contributed by atoms with Crippen molar-refractivity contribution in [2.24, 2.45) is 5.92 Å². The van der Waals surface area contributed by atoms with Crippen LogP contribution in [0.1, 0.15) is 22.6 Å². The number of nitrogens with one attached hydrogen (secondary N) is 2. The first-order valence-electron chi connectivity index (χ1n) is 9.55. The molecule has 0 spiro atoms. The number of thiazole rings is 1. The van der Waals surface area contributed by atoms with Crippen LogP contribution in [0.5, 0.6) is 11.5 Å². The van der Waals surface area contributed by atoms with Gasteiger partial charge in [0.25, 0.3) is 5.91 Å². The summed E-state index contributed by atoms with van der Waals surface area (Å²) in [5.74, 6) is 1.14. The molecule has 29 heavy (non-hydrogen) atoms. The summed E-state index contributed by atoms with van der Waals surface area (Å²) in [4.78, 5) is 22.0. The first-order chi connectivity index (χ1) is 14.2. The zero-order chi connectivity index (χ0) is 19.8. The molecule has 1 saturated carbocycles. The van der Waals surface area contributed by atoms with Crippen molar-refractivity contribution in [3.63, 3.8) is 0 Å². The molecule has 2 fully saturated rings. The maximum atomic E-state index is 13.1. The van der Waals surface area contributed by atoms with Gasteiger partial charge in [0.15, 0.2) is 5.01 Å². The molecule has 2 aromatic heterocycles. The fourth-order valence-corrected chi connectivity index (χ4v) is 4.90. The number of carbonyl (C=O) groups excluding carboxylic acids is 1. The molecule has 3 aromatic rings. The van der Waals surface area contributed by atoms with Crippen molar-refractivity contribution >= 4 is 17.2 Å². The Hall–Kier alpha value is -2.84. The van der Waals surface area contributed by atoms with E-state index in [9.17, 15) is 9.18 Å². The summed E-state index contributed by atoms with van der Waals surface area (Å²) in [6.45, 7) is 0.971. The highest BCUT2D eigenvalue weighted by atomic mass is 32.1. The second kappa shape index (κ2) is 7.53. The summed E-state index contributed by atoms with van der Waals surface area (Å²) in [5, 5.41) is 7.01. The molecule has 6 nitrogen and oxygen atoms in total. The van der Waals surface area contributed by atoms with Crippen LogP contribution in [0.2, 0.25) is 0 Å². The number of hydrogen-bond acceptors (Lipinski definition) is 6. The number of fused-ring (bicyclic) bond motifs is 2. The summed E-state index contributed by atoms with van der Waals surface area (Å²) in [6.07, 6.45) is 7.23. The molecule has 2 N–H and O–H groups in total. The topological polar surface area (TPSA) is 76.1 Å². The zero-order valence-corrected chi connectivity index (χ0v) is 16.3. The fourth-order valence-electron chi connectivity index (χ4n) is 4.06. The van der Waals surface area contributed by atoms with Gasteiger partial charge in [-0.05, 0) is 49.1 Å². The number of ether oxygens (including phenoxy) is 1. The second-order valence-corrected chi connectivity index (χ2v) is 8.34. The van der Waals surface area contributed by atoms with E-state index in [1.54, 1.807) is 36.8 Å². The van der Waals surface area contributed by atoms with Crippen LogP contribution in [0.3, 0.4) is 0 Å². The van der Waals surface area contributed by atoms with E-state index >= 15 is 0 Å². The predicted octanol–water partition coefficient (Wildman–Crippen LogP) is 3.62. The lowest BCUT2D eigenvalue weighted by Gasteiger charge is -2.15. The van der Waals surface area contributed by atoms with E-state index in [0.717, 1.165) is 29.8 Å². The lowest BCUT2D eigenvalue weighted by Crippen LogP contribution is -2.42. The Morgan fingerprint density at radius 2 is 2.07 bits per heavy atom. The molecule has 2 unspecified atom stereocenters. The molecule has 2 aliphatic rings. The van der Waals surface area contributed by atoms with Crippen molar-refractivity contribution in [1.29, 1.82) is 0 Å². The average Bonchev–Trinajstić information content (AvgIpc) is 3.47. The number of benzene rings is 1. The van der Waals surface area contributed by atoms with Crippen molar-refractivity contribution in [2.45, 2.75) is 24.9 Å². The highest BCUT2D eigenvalue weighted by Crippen LogP contribution is 2.36. The Bertz CT molecular complexity index is 1020. The van der Waals surface area contributed by atoms with E-state index in [1.807, 2.05) is 0 Å². The summed E-state index contributed by atoms with van der Waals surface area (Å²) in [5.41, 5.74) is 0.732. The first-order valence-corrected chi connectivity index (χ1v) is 10.4. The SMILES string of the molecule is O=C(N[C@@H]1C2CCC1NC2)c1ncc(-c2cnccc2Oc2ccc(F)cc2)s1. The van der Waals surface area contributed by atoms with Gasteiger partial charge in [-0.2, -0.15) is 0 Å². The Morgan fingerprint density at radius 3 is 2.79 bits per heavy atom. The van der Waals surface area contributed by atoms with Gasteiger partial charge in [0.05, 0.1) is 10.4 Å². The number of rotatable bonds is 5. The van der Waals surface area contributed by atoms with Gasteiger partial charge in [0, 0.05) is 37.2 Å². The predicted molar refractivity (Wildman–Crippen MR) is 108 cm³/mol. The fraction of sp³-hybridized carbons (Fsp3) is 0.286. The van der Waals surface area contributed by atoms with Crippen LogP contribution in [-0.2, 0) is 0 Å². The molecular weight excluding hydrogens is 391 g/mol. The van der Waals surface area contributed by atoms with Gasteiger partial charge < -0.3 is 15.4 Å². The number of amides is 1. The highest BCUT2D eigenvalue weighted by molar-refractivity contribution is 7.17. The molecule has 3 heterocycles. The molecule has 0 radical (unpaired) electrons. The zero-order valence-electron chi connectivity index (χ0n) is 15.5. The lowest BCUT2D eigenvalue weighted by atomic mass is 10.1. The van der Waals surface area contributed by atoms with Gasteiger partial charge >= 0.3 is 0 Å². The van der Waals surface area contributed by atoms with Crippen molar-refractivity contribution in [1.82, 2.24) is 20.6 Å². The van der Waals surface area contributed by atoms with E-state index in [0.29, 0.717) is 28.5 Å². The monoisotopic (exact) mass is 410 g/mol. The number of piperidine rings is 1. The summed E-state index contributed by atoms with van der Waals surface area (Å²) < 4.78 is 19.0. The van der Waals surface area contributed by atoms with Crippen molar-refractivity contribution in [3.8, 4) is 21.9 Å². The molecule has 8 heteroatoms. The van der Waals surface area contributed by atoms with Crippen LogP contribution in [-0.4, -0.2) is 34.5 Å². The summed E-state index contributed by atoms with van der Waals surface area (Å²) >= 11 is 1.30. The lowest BCUT2D eigenvalue weighted by molar-refractivity contribution is 0.0931. The highest BCUT2D eigenvalue weighted by Gasteiger charge is 2.42. The molecule has 1 saturated heterocycles. The summed E-state index contributed by atoms with van der Waals surface area (Å²) in [7, 11) is 0. The number of nitrogens with zero attached hydrogens (tertiary/aromatic N) is 2. The maximum Gasteiger partial charge on any atom is 0.280 e. The molecule has 2 bridgehead atoms. The summed E-state index contributed by atoms with van der Waals surface area (Å²) in [6, 6.07) is 8.11. The van der Waals surface area contributed by atoms with E-state index in [2.05, 4.69) is 20.6 Å². The maximum absolute atomic E-state index is 13.1. The Labute approximate surface area is 171 Å². The molecule has 1 amide bonds. The number of pyridine rings is 1. The largest absolute Gasteiger partial charge is 0.457 e. The third-order valence-corrected chi connectivity index (χ3v) is 6.55. The molecule has 3 atom stereocenters. The third-order valence-electron chi connectivity index (χ3n) is 5.52. The Kier molecular flexibility index (Phi) is 4.73. The van der Waals surface area contributed by atoms with Crippen LogP contribution in [0, 0.1) is 11.7 Å². The van der Waals surface area contributed by atoms with E-state index in [4.69, 9.17) is 4.74 Å². The van der Waals surface area contributed by atoms with Crippen molar-refractivity contribution in [2.75, 3.05) is 6.54 Å². The number of hydrogen-bond donors (Lipinski definition) is 2. The smallest absolute Gasteiger partial charge is 0.280 e. The van der Waals surface area contributed by atoms with Crippen LogP contribution in [0.15, 0.2) is 48.9 Å². The van der Waals surface area contributed by atoms with Gasteiger partial charge in [-0.25, -0.2) is 9.37 Å². The number of carbonyl (C=O) groups is 1.